The molecule has 0 aliphatic heterocycles. The summed E-state index contributed by atoms with van der Waals surface area (Å²) in [5.41, 5.74) is 1.56. The number of nitrogens with one attached hydrogen (secondary N) is 1. The van der Waals surface area contributed by atoms with Gasteiger partial charge in [0.2, 0.25) is 5.91 Å². The number of aryl methyl sites for hydroxylation is 2. The summed E-state index contributed by atoms with van der Waals surface area (Å²) in [4.78, 5) is 11.8. The summed E-state index contributed by atoms with van der Waals surface area (Å²) in [6.07, 6.45) is -0.338. The molecule has 4 nitrogen and oxygen atoms in total. The van der Waals surface area contributed by atoms with Crippen LogP contribution in [0.5, 0.6) is 5.75 Å². The zero-order chi connectivity index (χ0) is 15.3. The van der Waals surface area contributed by atoms with E-state index in [0.717, 1.165) is 16.9 Å². The number of ether oxygens (including phenoxy) is 1. The van der Waals surface area contributed by atoms with E-state index in [0.29, 0.717) is 6.61 Å². The van der Waals surface area contributed by atoms with Crippen molar-refractivity contribution >= 4 is 5.91 Å². The Morgan fingerprint density at radius 1 is 1.40 bits per heavy atom. The number of aliphatic hydroxyl groups excluding tert-OH is 1. The van der Waals surface area contributed by atoms with Gasteiger partial charge in [0, 0.05) is 0 Å². The van der Waals surface area contributed by atoms with E-state index in [-0.39, 0.29) is 12.3 Å². The van der Waals surface area contributed by atoms with Crippen LogP contribution in [0.4, 0.5) is 0 Å². The largest absolute Gasteiger partial charge is 0.493 e. The smallest absolute Gasteiger partial charge is 0.223 e. The molecular weight excluding hydrogens is 254 g/mol. The van der Waals surface area contributed by atoms with E-state index in [4.69, 9.17) is 4.74 Å². The minimum Gasteiger partial charge on any atom is -0.493 e. The highest BCUT2D eigenvalue weighted by Gasteiger charge is 2.25. The second-order valence-electron chi connectivity index (χ2n) is 5.81. The number of rotatable bonds is 6. The molecule has 1 aromatic rings. The molecule has 0 saturated carbocycles. The van der Waals surface area contributed by atoms with E-state index in [1.807, 2.05) is 32.0 Å². The van der Waals surface area contributed by atoms with Gasteiger partial charge in [-0.2, -0.15) is 0 Å². The van der Waals surface area contributed by atoms with Crippen LogP contribution in [0.1, 0.15) is 38.3 Å². The molecular formula is C16H25NO3. The first-order chi connectivity index (χ1) is 9.22. The quantitative estimate of drug-likeness (QED) is 0.840. The Bertz CT molecular complexity index is 467. The molecule has 0 fully saturated rings. The topological polar surface area (TPSA) is 58.6 Å². The van der Waals surface area contributed by atoms with Crippen LogP contribution in [0, 0.1) is 13.8 Å². The standard InChI is InChI=1S/C16H25NO3/c1-11-6-7-12(2)14(10-11)20-9-8-15(19)17-16(4,5)13(3)18/h6-7,10,13,18H,8-9H2,1-5H3,(H,17,19). The number of benzene rings is 1. The fourth-order valence-electron chi connectivity index (χ4n) is 1.64. The summed E-state index contributed by atoms with van der Waals surface area (Å²) in [6.45, 7) is 9.55. The normalized spacial score (nSPS) is 12.9. The lowest BCUT2D eigenvalue weighted by Crippen LogP contribution is -2.51. The first-order valence-electron chi connectivity index (χ1n) is 6.91. The van der Waals surface area contributed by atoms with Crippen molar-refractivity contribution in [3.8, 4) is 5.75 Å². The molecule has 112 valence electrons. The summed E-state index contributed by atoms with van der Waals surface area (Å²) in [6, 6.07) is 5.99. The van der Waals surface area contributed by atoms with Gasteiger partial charge >= 0.3 is 0 Å². The highest BCUT2D eigenvalue weighted by Crippen LogP contribution is 2.19. The van der Waals surface area contributed by atoms with E-state index < -0.39 is 11.6 Å². The Morgan fingerprint density at radius 3 is 2.65 bits per heavy atom. The summed E-state index contributed by atoms with van der Waals surface area (Å²) in [5, 5.41) is 12.4. The van der Waals surface area contributed by atoms with Crippen LogP contribution in [0.15, 0.2) is 18.2 Å². The molecule has 0 radical (unpaired) electrons. The molecule has 1 aromatic carbocycles. The van der Waals surface area contributed by atoms with Gasteiger partial charge in [0.15, 0.2) is 0 Å². The highest BCUT2D eigenvalue weighted by molar-refractivity contribution is 5.76. The van der Waals surface area contributed by atoms with Crippen LogP contribution in [-0.2, 0) is 4.79 Å². The van der Waals surface area contributed by atoms with Gasteiger partial charge in [0.25, 0.3) is 0 Å². The molecule has 0 aliphatic carbocycles. The molecule has 0 aliphatic rings. The minimum absolute atomic E-state index is 0.124. The molecule has 0 spiro atoms. The molecule has 0 bridgehead atoms. The van der Waals surface area contributed by atoms with Crippen molar-refractivity contribution < 1.29 is 14.6 Å². The average molecular weight is 279 g/mol. The van der Waals surface area contributed by atoms with E-state index >= 15 is 0 Å². The molecule has 0 aromatic heterocycles. The Balaban J connectivity index is 2.45. The van der Waals surface area contributed by atoms with Gasteiger partial charge in [-0.15, -0.1) is 0 Å². The predicted octanol–water partition coefficient (Wildman–Crippen LogP) is 2.35. The third kappa shape index (κ3) is 4.85. The van der Waals surface area contributed by atoms with Crippen LogP contribution in [0.25, 0.3) is 0 Å². The predicted molar refractivity (Wildman–Crippen MR) is 79.9 cm³/mol. The molecule has 1 rings (SSSR count). The van der Waals surface area contributed by atoms with Crippen molar-refractivity contribution in [1.82, 2.24) is 5.32 Å². The zero-order valence-electron chi connectivity index (χ0n) is 13.0. The first-order valence-corrected chi connectivity index (χ1v) is 6.91. The second kappa shape index (κ2) is 6.75. The zero-order valence-corrected chi connectivity index (χ0v) is 13.0. The molecule has 1 amide bonds. The number of hydrogen-bond donors (Lipinski definition) is 2. The third-order valence-corrected chi connectivity index (χ3v) is 3.44. The number of aliphatic hydroxyl groups is 1. The maximum Gasteiger partial charge on any atom is 0.223 e. The Morgan fingerprint density at radius 2 is 2.05 bits per heavy atom. The Kier molecular flexibility index (Phi) is 5.57. The van der Waals surface area contributed by atoms with Crippen LogP contribution >= 0.6 is 0 Å². The maximum absolute atomic E-state index is 11.8. The highest BCUT2D eigenvalue weighted by atomic mass is 16.5. The van der Waals surface area contributed by atoms with Crippen LogP contribution in [0.3, 0.4) is 0 Å². The summed E-state index contributed by atoms with van der Waals surface area (Å²) in [7, 11) is 0. The van der Waals surface area contributed by atoms with Crippen LogP contribution in [-0.4, -0.2) is 29.3 Å². The van der Waals surface area contributed by atoms with Gasteiger partial charge < -0.3 is 15.2 Å². The number of carbonyl (C=O) groups excluding carboxylic acids is 1. The molecule has 2 N–H and O–H groups in total. The van der Waals surface area contributed by atoms with Crippen LogP contribution in [0.2, 0.25) is 0 Å². The monoisotopic (exact) mass is 279 g/mol. The van der Waals surface area contributed by atoms with E-state index in [9.17, 15) is 9.90 Å². The lowest BCUT2D eigenvalue weighted by Gasteiger charge is -2.29. The second-order valence-corrected chi connectivity index (χ2v) is 5.81. The van der Waals surface area contributed by atoms with Crippen molar-refractivity contribution in [3.05, 3.63) is 29.3 Å². The summed E-state index contributed by atoms with van der Waals surface area (Å²) in [5.74, 6) is 0.689. The summed E-state index contributed by atoms with van der Waals surface area (Å²) < 4.78 is 5.64. The molecule has 1 atom stereocenters. The molecule has 0 saturated heterocycles. The van der Waals surface area contributed by atoms with Crippen molar-refractivity contribution in [3.63, 3.8) is 0 Å². The maximum atomic E-state index is 11.8. The lowest BCUT2D eigenvalue weighted by molar-refractivity contribution is -0.124. The van der Waals surface area contributed by atoms with Gasteiger partial charge in [-0.05, 0) is 51.8 Å². The molecule has 0 heterocycles. The average Bonchev–Trinajstić information content (AvgIpc) is 2.32. The fraction of sp³-hybridized carbons (Fsp3) is 0.562. The van der Waals surface area contributed by atoms with Crippen molar-refractivity contribution in [1.29, 1.82) is 0 Å². The number of hydrogen-bond acceptors (Lipinski definition) is 3. The van der Waals surface area contributed by atoms with E-state index in [2.05, 4.69) is 5.32 Å². The van der Waals surface area contributed by atoms with Crippen LogP contribution < -0.4 is 10.1 Å². The Hall–Kier alpha value is -1.55. The Labute approximate surface area is 121 Å². The number of amides is 1. The lowest BCUT2D eigenvalue weighted by atomic mass is 9.99. The first kappa shape index (κ1) is 16.5. The van der Waals surface area contributed by atoms with Gasteiger partial charge in [0.1, 0.15) is 5.75 Å². The summed E-state index contributed by atoms with van der Waals surface area (Å²) >= 11 is 0. The van der Waals surface area contributed by atoms with Gasteiger partial charge in [-0.3, -0.25) is 4.79 Å². The molecule has 4 heteroatoms. The van der Waals surface area contributed by atoms with Gasteiger partial charge in [-0.1, -0.05) is 12.1 Å². The van der Waals surface area contributed by atoms with Crippen molar-refractivity contribution in [2.45, 2.75) is 52.7 Å². The third-order valence-electron chi connectivity index (χ3n) is 3.44. The number of carbonyl (C=O) groups is 1. The van der Waals surface area contributed by atoms with Gasteiger partial charge in [0.05, 0.1) is 24.7 Å². The molecule has 1 unspecified atom stereocenters. The van der Waals surface area contributed by atoms with E-state index in [1.54, 1.807) is 20.8 Å². The minimum atomic E-state index is -0.629. The van der Waals surface area contributed by atoms with Crippen molar-refractivity contribution in [2.75, 3.05) is 6.61 Å². The molecule has 20 heavy (non-hydrogen) atoms. The van der Waals surface area contributed by atoms with Crippen molar-refractivity contribution in [2.24, 2.45) is 0 Å². The van der Waals surface area contributed by atoms with Gasteiger partial charge in [-0.25, -0.2) is 0 Å². The fourth-order valence-corrected chi connectivity index (χ4v) is 1.64. The van der Waals surface area contributed by atoms with E-state index in [1.165, 1.54) is 0 Å². The SMILES string of the molecule is Cc1ccc(C)c(OCCC(=O)NC(C)(C)C(C)O)c1.